The van der Waals surface area contributed by atoms with Crippen molar-refractivity contribution in [3.63, 3.8) is 0 Å². The van der Waals surface area contributed by atoms with E-state index in [1.807, 2.05) is 42.5 Å². The number of rotatable bonds is 6. The summed E-state index contributed by atoms with van der Waals surface area (Å²) in [6, 6.07) is 25.1. The van der Waals surface area contributed by atoms with Crippen molar-refractivity contribution in [3.05, 3.63) is 113 Å². The van der Waals surface area contributed by atoms with E-state index in [2.05, 4.69) is 0 Å². The maximum absolute atomic E-state index is 13.7. The topological polar surface area (TPSA) is 60.4 Å². The summed E-state index contributed by atoms with van der Waals surface area (Å²) >= 11 is 0. The predicted octanol–water partition coefficient (Wildman–Crippen LogP) is 5.31. The lowest BCUT2D eigenvalue weighted by molar-refractivity contribution is -0.118. The van der Waals surface area contributed by atoms with Crippen molar-refractivity contribution >= 4 is 17.3 Å². The van der Waals surface area contributed by atoms with Crippen LogP contribution in [0.4, 0.5) is 0 Å². The van der Waals surface area contributed by atoms with Crippen molar-refractivity contribution in [1.29, 1.82) is 0 Å². The fourth-order valence-corrected chi connectivity index (χ4v) is 4.58. The van der Waals surface area contributed by atoms with Crippen LogP contribution >= 0.6 is 0 Å². The van der Waals surface area contributed by atoms with E-state index >= 15 is 0 Å². The molecule has 3 atom stereocenters. The van der Waals surface area contributed by atoms with Gasteiger partial charge in [-0.2, -0.15) is 0 Å². The average molecular weight is 424 g/mol. The van der Waals surface area contributed by atoms with Crippen molar-refractivity contribution in [3.8, 4) is 5.75 Å². The van der Waals surface area contributed by atoms with Gasteiger partial charge in [-0.25, -0.2) is 0 Å². The Morgan fingerprint density at radius 2 is 1.22 bits per heavy atom. The summed E-state index contributed by atoms with van der Waals surface area (Å²) in [7, 11) is 1.55. The molecule has 160 valence electrons. The molecule has 4 heteroatoms. The first-order chi connectivity index (χ1) is 15.5. The lowest BCUT2D eigenvalue weighted by Gasteiger charge is -2.36. The lowest BCUT2D eigenvalue weighted by atomic mass is 9.64. The van der Waals surface area contributed by atoms with Gasteiger partial charge in [0.2, 0.25) is 0 Å². The SMILES string of the molecule is COc1ccccc1C1C(C(=O)c2ccccc2)C(=O)C=C(C)C1C(=O)c1ccccc1. The summed E-state index contributed by atoms with van der Waals surface area (Å²) in [4.78, 5) is 40.6. The zero-order valence-corrected chi connectivity index (χ0v) is 18.0. The van der Waals surface area contributed by atoms with Crippen LogP contribution in [0.25, 0.3) is 0 Å². The van der Waals surface area contributed by atoms with Crippen molar-refractivity contribution in [1.82, 2.24) is 0 Å². The molecular formula is C28H24O4. The third kappa shape index (κ3) is 3.92. The Bertz CT molecular complexity index is 1180. The second-order valence-electron chi connectivity index (χ2n) is 7.97. The highest BCUT2D eigenvalue weighted by atomic mass is 16.5. The van der Waals surface area contributed by atoms with Crippen LogP contribution in [0.1, 0.15) is 39.1 Å². The molecule has 32 heavy (non-hydrogen) atoms. The molecule has 0 aliphatic heterocycles. The molecule has 0 saturated heterocycles. The van der Waals surface area contributed by atoms with E-state index in [0.717, 1.165) is 0 Å². The molecule has 0 radical (unpaired) electrons. The van der Waals surface area contributed by atoms with E-state index < -0.39 is 17.8 Å². The highest BCUT2D eigenvalue weighted by Crippen LogP contribution is 2.46. The summed E-state index contributed by atoms with van der Waals surface area (Å²) in [6.45, 7) is 1.79. The van der Waals surface area contributed by atoms with E-state index in [-0.39, 0.29) is 17.3 Å². The van der Waals surface area contributed by atoms with Gasteiger partial charge >= 0.3 is 0 Å². The van der Waals surface area contributed by atoms with Gasteiger partial charge in [-0.3, -0.25) is 14.4 Å². The smallest absolute Gasteiger partial charge is 0.174 e. The highest BCUT2D eigenvalue weighted by molar-refractivity contribution is 6.17. The Morgan fingerprint density at radius 3 is 1.78 bits per heavy atom. The van der Waals surface area contributed by atoms with Crippen LogP contribution in [0.15, 0.2) is 96.6 Å². The van der Waals surface area contributed by atoms with Gasteiger partial charge in [0.25, 0.3) is 0 Å². The third-order valence-corrected chi connectivity index (χ3v) is 6.06. The van der Waals surface area contributed by atoms with Crippen LogP contribution in [-0.2, 0) is 4.79 Å². The second-order valence-corrected chi connectivity index (χ2v) is 7.97. The first-order valence-corrected chi connectivity index (χ1v) is 10.6. The average Bonchev–Trinajstić information content (AvgIpc) is 2.84. The maximum Gasteiger partial charge on any atom is 0.174 e. The Balaban J connectivity index is 1.91. The zero-order valence-electron chi connectivity index (χ0n) is 18.0. The molecule has 3 aromatic carbocycles. The van der Waals surface area contributed by atoms with Crippen LogP contribution in [-0.4, -0.2) is 24.5 Å². The minimum atomic E-state index is -1.02. The standard InChI is InChI=1S/C28H24O4/c1-18-17-22(29)26(28(31)20-13-7-4-8-14-20)25(21-15-9-10-16-23(21)32-2)24(18)27(30)19-11-5-3-6-12-19/h3-17,24-26H,1-2H3. The number of Topliss-reactive ketones (excluding diaryl/α,β-unsaturated/α-hetero) is 2. The summed E-state index contributed by atoms with van der Waals surface area (Å²) < 4.78 is 5.58. The predicted molar refractivity (Wildman–Crippen MR) is 123 cm³/mol. The van der Waals surface area contributed by atoms with Gasteiger partial charge in [-0.15, -0.1) is 0 Å². The summed E-state index contributed by atoms with van der Waals surface area (Å²) in [5.74, 6) is -2.50. The third-order valence-electron chi connectivity index (χ3n) is 6.06. The van der Waals surface area contributed by atoms with Gasteiger partial charge in [0.1, 0.15) is 5.75 Å². The number of benzene rings is 3. The van der Waals surface area contributed by atoms with Gasteiger partial charge in [-0.1, -0.05) is 84.4 Å². The highest BCUT2D eigenvalue weighted by Gasteiger charge is 2.47. The molecule has 4 rings (SSSR count). The van der Waals surface area contributed by atoms with Crippen LogP contribution in [0, 0.1) is 11.8 Å². The number of allylic oxidation sites excluding steroid dienone is 2. The fourth-order valence-electron chi connectivity index (χ4n) is 4.58. The summed E-state index contributed by atoms with van der Waals surface area (Å²) in [5.41, 5.74) is 2.33. The molecule has 0 bridgehead atoms. The number of hydrogen-bond acceptors (Lipinski definition) is 4. The molecular weight excluding hydrogens is 400 g/mol. The monoisotopic (exact) mass is 424 g/mol. The number of para-hydroxylation sites is 1. The molecule has 0 saturated carbocycles. The molecule has 0 N–H and O–H groups in total. The molecule has 0 aromatic heterocycles. The molecule has 0 spiro atoms. The van der Waals surface area contributed by atoms with Crippen molar-refractivity contribution < 1.29 is 19.1 Å². The first-order valence-electron chi connectivity index (χ1n) is 10.6. The quantitative estimate of drug-likeness (QED) is 0.398. The van der Waals surface area contributed by atoms with E-state index in [9.17, 15) is 14.4 Å². The van der Waals surface area contributed by atoms with Gasteiger partial charge in [-0.05, 0) is 24.6 Å². The minimum Gasteiger partial charge on any atom is -0.496 e. The molecule has 0 fully saturated rings. The Hall–Kier alpha value is -3.79. The molecule has 0 amide bonds. The van der Waals surface area contributed by atoms with Gasteiger partial charge < -0.3 is 4.74 Å². The number of ketones is 3. The van der Waals surface area contributed by atoms with E-state index in [1.165, 1.54) is 6.08 Å². The summed E-state index contributed by atoms with van der Waals surface area (Å²) in [5, 5.41) is 0. The molecule has 1 aliphatic rings. The van der Waals surface area contributed by atoms with E-state index in [0.29, 0.717) is 28.0 Å². The van der Waals surface area contributed by atoms with E-state index in [1.54, 1.807) is 56.5 Å². The molecule has 4 nitrogen and oxygen atoms in total. The van der Waals surface area contributed by atoms with Crippen molar-refractivity contribution in [2.45, 2.75) is 12.8 Å². The van der Waals surface area contributed by atoms with Crippen LogP contribution < -0.4 is 4.74 Å². The number of hydrogen-bond donors (Lipinski definition) is 0. The largest absolute Gasteiger partial charge is 0.496 e. The normalized spacial score (nSPS) is 20.4. The molecule has 3 unspecified atom stereocenters. The first kappa shape index (κ1) is 21.4. The number of carbonyl (C=O) groups is 3. The Labute approximate surface area is 187 Å². The number of methoxy groups -OCH3 is 1. The fraction of sp³-hybridized carbons (Fsp3) is 0.179. The molecule has 1 aliphatic carbocycles. The summed E-state index contributed by atoms with van der Waals surface area (Å²) in [6.07, 6.45) is 1.46. The lowest BCUT2D eigenvalue weighted by Crippen LogP contribution is -2.40. The van der Waals surface area contributed by atoms with Crippen molar-refractivity contribution in [2.24, 2.45) is 11.8 Å². The van der Waals surface area contributed by atoms with Gasteiger partial charge in [0.15, 0.2) is 17.3 Å². The van der Waals surface area contributed by atoms with Crippen LogP contribution in [0.2, 0.25) is 0 Å². The zero-order chi connectivity index (χ0) is 22.7. The van der Waals surface area contributed by atoms with Crippen LogP contribution in [0.5, 0.6) is 5.75 Å². The molecule has 0 heterocycles. The second kappa shape index (κ2) is 9.15. The number of ether oxygens (including phenoxy) is 1. The molecule has 3 aromatic rings. The van der Waals surface area contributed by atoms with Crippen molar-refractivity contribution in [2.75, 3.05) is 7.11 Å². The van der Waals surface area contributed by atoms with Gasteiger partial charge in [0.05, 0.1) is 18.9 Å². The maximum atomic E-state index is 13.7. The minimum absolute atomic E-state index is 0.117. The van der Waals surface area contributed by atoms with E-state index in [4.69, 9.17) is 4.74 Å². The Kier molecular flexibility index (Phi) is 6.13. The van der Waals surface area contributed by atoms with Gasteiger partial charge in [0, 0.05) is 17.0 Å². The Morgan fingerprint density at radius 1 is 0.719 bits per heavy atom. The number of carbonyl (C=O) groups excluding carboxylic acids is 3. The van der Waals surface area contributed by atoms with Crippen LogP contribution in [0.3, 0.4) is 0 Å².